The van der Waals surface area contributed by atoms with E-state index in [-0.39, 0.29) is 47.7 Å². The highest BCUT2D eigenvalue weighted by Gasteiger charge is 2.64. The van der Waals surface area contributed by atoms with Gasteiger partial charge in [-0.1, -0.05) is 6.58 Å². The maximum absolute atomic E-state index is 16.0. The van der Waals surface area contributed by atoms with Gasteiger partial charge in [0.2, 0.25) is 5.78 Å². The van der Waals surface area contributed by atoms with Crippen molar-refractivity contribution in [3.8, 4) is 5.75 Å². The third kappa shape index (κ3) is 3.63. The van der Waals surface area contributed by atoms with Crippen molar-refractivity contribution in [3.63, 3.8) is 0 Å². The van der Waals surface area contributed by atoms with Gasteiger partial charge < -0.3 is 31.1 Å². The Labute approximate surface area is 224 Å². The summed E-state index contributed by atoms with van der Waals surface area (Å²) in [6, 6.07) is 0.148. The molecule has 1 aromatic carbocycles. The van der Waals surface area contributed by atoms with Crippen LogP contribution in [0.2, 0.25) is 0 Å². The number of nitrogens with two attached hydrogens (primary N) is 1. The molecule has 1 unspecified atom stereocenters. The van der Waals surface area contributed by atoms with Gasteiger partial charge in [0.05, 0.1) is 11.6 Å². The Bertz CT molecular complexity index is 1410. The molecule has 1 aromatic rings. The van der Waals surface area contributed by atoms with Crippen molar-refractivity contribution in [1.82, 2.24) is 9.80 Å². The number of amides is 1. The number of benzene rings is 1. The smallest absolute Gasteiger partial charge is 0.255 e. The molecular formula is C28H32FN3O7. The van der Waals surface area contributed by atoms with Gasteiger partial charge in [-0.15, -0.1) is 0 Å². The number of aromatic hydroxyl groups is 1. The van der Waals surface area contributed by atoms with E-state index in [0.29, 0.717) is 0 Å². The summed E-state index contributed by atoms with van der Waals surface area (Å²) < 4.78 is 16.0. The van der Waals surface area contributed by atoms with Gasteiger partial charge in [0.1, 0.15) is 28.7 Å². The molecule has 0 aromatic heterocycles. The number of nitrogens with zero attached hydrogens (tertiary/aromatic N) is 2. The standard InChI is InChI=1S/C28H32FN3O7/c1-11-5-6-12(2)32(11)10-14-9-17(33)19-15(21(14)29)7-13-8-16-22(31(3)4)24(35)20(27(30)38)26(37)28(16,39)25(36)18(13)23(19)34/h9,12-13,16,22,33-34,37,39H,1,5-8,10H2,2-4H3,(H2,30,38)/t12?,13-,16-,22-,28-/m0/s1. The summed E-state index contributed by atoms with van der Waals surface area (Å²) in [6.45, 7) is 6.21. The van der Waals surface area contributed by atoms with Crippen LogP contribution in [0.4, 0.5) is 4.39 Å². The number of allylic oxidation sites excluding steroid dienone is 1. The molecule has 0 bridgehead atoms. The van der Waals surface area contributed by atoms with E-state index in [2.05, 4.69) is 6.58 Å². The average Bonchev–Trinajstić information content (AvgIpc) is 3.16. The summed E-state index contributed by atoms with van der Waals surface area (Å²) in [7, 11) is 3.04. The Morgan fingerprint density at radius 2 is 1.95 bits per heavy atom. The number of fused-ring (bicyclic) bond motifs is 3. The maximum Gasteiger partial charge on any atom is 0.255 e. The molecule has 5 atom stereocenters. The minimum absolute atomic E-state index is 0.0214. The van der Waals surface area contributed by atoms with E-state index in [4.69, 9.17) is 5.73 Å². The third-order valence-electron chi connectivity index (χ3n) is 8.86. The van der Waals surface area contributed by atoms with E-state index in [1.165, 1.54) is 25.1 Å². The highest BCUT2D eigenvalue weighted by Crippen LogP contribution is 2.53. The third-order valence-corrected chi connectivity index (χ3v) is 8.86. The molecule has 208 valence electrons. The van der Waals surface area contributed by atoms with Gasteiger partial charge in [-0.05, 0) is 58.7 Å². The van der Waals surface area contributed by atoms with Crippen molar-refractivity contribution in [3.05, 3.63) is 57.8 Å². The Hall–Kier alpha value is -3.70. The normalized spacial score (nSPS) is 30.6. The van der Waals surface area contributed by atoms with Gasteiger partial charge in [0, 0.05) is 40.9 Å². The second kappa shape index (κ2) is 8.92. The Morgan fingerprint density at radius 3 is 2.51 bits per heavy atom. The van der Waals surface area contributed by atoms with Gasteiger partial charge in [-0.2, -0.15) is 0 Å². The predicted molar refractivity (Wildman–Crippen MR) is 138 cm³/mol. The largest absolute Gasteiger partial charge is 0.508 e. The first kappa shape index (κ1) is 26.9. The van der Waals surface area contributed by atoms with Crippen molar-refractivity contribution < 1.29 is 39.2 Å². The number of phenolic OH excluding ortho intramolecular Hbond substituents is 1. The van der Waals surface area contributed by atoms with Crippen LogP contribution >= 0.6 is 0 Å². The number of likely N-dealkylation sites (tertiary alicyclic amines) is 1. The highest BCUT2D eigenvalue weighted by molar-refractivity contribution is 6.24. The number of likely N-dealkylation sites (N-methyl/N-ethyl adjacent to an activating group) is 1. The SMILES string of the molecule is C=C1CCC(C)N1Cc1cc(O)c2c(c1F)C[C@H]1C[C@H]3[C@H](N(C)C)C(=O)C(C(N)=O)=C(O)[C@@]3(O)C(=O)C1=C2O. The first-order valence-corrected chi connectivity index (χ1v) is 12.8. The zero-order valence-electron chi connectivity index (χ0n) is 22.0. The van der Waals surface area contributed by atoms with Crippen LogP contribution in [0, 0.1) is 17.7 Å². The highest BCUT2D eigenvalue weighted by atomic mass is 19.1. The minimum Gasteiger partial charge on any atom is -0.508 e. The zero-order valence-corrected chi connectivity index (χ0v) is 22.0. The number of carbonyl (C=O) groups excluding carboxylic acids is 3. The van der Waals surface area contributed by atoms with Crippen LogP contribution in [0.15, 0.2) is 35.2 Å². The van der Waals surface area contributed by atoms with Gasteiger partial charge >= 0.3 is 0 Å². The van der Waals surface area contributed by atoms with Gasteiger partial charge in [-0.25, -0.2) is 4.39 Å². The molecule has 1 amide bonds. The van der Waals surface area contributed by atoms with Crippen LogP contribution in [-0.2, 0) is 27.3 Å². The van der Waals surface area contributed by atoms with Crippen LogP contribution < -0.4 is 5.73 Å². The number of Topliss-reactive ketones (excluding diaryl/α,β-unsaturated/α-hetero) is 2. The monoisotopic (exact) mass is 541 g/mol. The lowest BCUT2D eigenvalue weighted by atomic mass is 9.57. The Balaban J connectivity index is 1.65. The molecule has 0 spiro atoms. The predicted octanol–water partition coefficient (Wildman–Crippen LogP) is 1.60. The lowest BCUT2D eigenvalue weighted by molar-refractivity contribution is -0.153. The lowest BCUT2D eigenvalue weighted by Gasteiger charge is -2.50. The molecule has 11 heteroatoms. The summed E-state index contributed by atoms with van der Waals surface area (Å²) in [4.78, 5) is 42.4. The van der Waals surface area contributed by atoms with Crippen molar-refractivity contribution in [2.45, 2.75) is 56.8 Å². The van der Waals surface area contributed by atoms with Crippen molar-refractivity contribution in [1.29, 1.82) is 0 Å². The first-order valence-electron chi connectivity index (χ1n) is 12.8. The fraction of sp³-hybridized carbons (Fsp3) is 0.464. The second-order valence-electron chi connectivity index (χ2n) is 11.3. The van der Waals surface area contributed by atoms with E-state index in [9.17, 15) is 34.8 Å². The average molecular weight is 542 g/mol. The van der Waals surface area contributed by atoms with Gasteiger partial charge in [0.15, 0.2) is 11.4 Å². The number of halogens is 1. The number of rotatable bonds is 4. The summed E-state index contributed by atoms with van der Waals surface area (Å²) in [6.07, 6.45) is 1.46. The molecule has 10 nitrogen and oxygen atoms in total. The fourth-order valence-corrected chi connectivity index (χ4v) is 6.90. The molecule has 1 heterocycles. The molecule has 5 rings (SSSR count). The Morgan fingerprint density at radius 1 is 1.28 bits per heavy atom. The number of aliphatic hydroxyl groups is 3. The molecule has 4 aliphatic rings. The lowest BCUT2D eigenvalue weighted by Crippen LogP contribution is -2.65. The van der Waals surface area contributed by atoms with Crippen molar-refractivity contribution in [2.24, 2.45) is 17.6 Å². The summed E-state index contributed by atoms with van der Waals surface area (Å²) in [5.41, 5.74) is 2.23. The zero-order chi connectivity index (χ0) is 28.7. The first-order chi connectivity index (χ1) is 18.2. The van der Waals surface area contributed by atoms with Crippen molar-refractivity contribution >= 4 is 23.2 Å². The summed E-state index contributed by atoms with van der Waals surface area (Å²) in [5, 5.41) is 44.6. The van der Waals surface area contributed by atoms with Crippen LogP contribution in [0.25, 0.3) is 5.76 Å². The number of aliphatic hydroxyl groups excluding tert-OH is 2. The summed E-state index contributed by atoms with van der Waals surface area (Å²) in [5.74, 6) is -8.27. The molecule has 39 heavy (non-hydrogen) atoms. The number of primary amides is 1. The Kier molecular flexibility index (Phi) is 6.15. The number of phenols is 1. The summed E-state index contributed by atoms with van der Waals surface area (Å²) >= 11 is 0. The van der Waals surface area contributed by atoms with Gasteiger partial charge in [0.25, 0.3) is 5.91 Å². The molecule has 0 radical (unpaired) electrons. The van der Waals surface area contributed by atoms with Gasteiger partial charge in [-0.3, -0.25) is 19.3 Å². The number of hydrogen-bond acceptors (Lipinski definition) is 9. The topological polar surface area (TPSA) is 165 Å². The van der Waals surface area contributed by atoms with E-state index < -0.39 is 69.6 Å². The molecule has 2 fully saturated rings. The number of ketones is 2. The minimum atomic E-state index is -2.73. The molecule has 3 aliphatic carbocycles. The van der Waals surface area contributed by atoms with Crippen LogP contribution in [0.3, 0.4) is 0 Å². The quantitative estimate of drug-likeness (QED) is 0.356. The van der Waals surface area contributed by atoms with Crippen LogP contribution in [0.5, 0.6) is 5.75 Å². The van der Waals surface area contributed by atoms with E-state index in [0.717, 1.165) is 18.5 Å². The number of hydrogen-bond donors (Lipinski definition) is 5. The van der Waals surface area contributed by atoms with E-state index in [1.807, 2.05) is 11.8 Å². The van der Waals surface area contributed by atoms with Crippen molar-refractivity contribution in [2.75, 3.05) is 14.1 Å². The second-order valence-corrected chi connectivity index (χ2v) is 11.3. The molecule has 6 N–H and O–H groups in total. The molecular weight excluding hydrogens is 509 g/mol. The number of carbonyl (C=O) groups is 3. The maximum atomic E-state index is 16.0. The van der Waals surface area contributed by atoms with E-state index in [1.54, 1.807) is 0 Å². The molecule has 1 saturated heterocycles. The van der Waals surface area contributed by atoms with E-state index >= 15 is 4.39 Å². The van der Waals surface area contributed by atoms with Crippen LogP contribution in [-0.4, -0.2) is 79.5 Å². The molecule has 1 aliphatic heterocycles. The molecule has 1 saturated carbocycles. The fourth-order valence-electron chi connectivity index (χ4n) is 6.90. The van der Waals surface area contributed by atoms with Crippen LogP contribution in [0.1, 0.15) is 42.9 Å².